The molecule has 0 aliphatic carbocycles. The molecule has 3 N–H and O–H groups in total. The molecule has 0 fully saturated rings. The molecule has 1 aromatic heterocycles. The number of hydrogen-bond acceptors (Lipinski definition) is 4. The van der Waals surface area contributed by atoms with E-state index in [0.717, 1.165) is 0 Å². The van der Waals surface area contributed by atoms with Crippen LogP contribution in [-0.4, -0.2) is 41.8 Å². The SMILES string of the molecule is CC(C)CNC(=O)CN(C)C(=O)c1cc(Cl)ncc1N. The predicted molar refractivity (Wildman–Crippen MR) is 78.5 cm³/mol. The summed E-state index contributed by atoms with van der Waals surface area (Å²) < 4.78 is 0. The predicted octanol–water partition coefficient (Wildman–Crippen LogP) is 1.16. The summed E-state index contributed by atoms with van der Waals surface area (Å²) in [7, 11) is 1.53. The van der Waals surface area contributed by atoms with Gasteiger partial charge in [-0.2, -0.15) is 0 Å². The van der Waals surface area contributed by atoms with E-state index in [0.29, 0.717) is 12.5 Å². The number of hydrogen-bond donors (Lipinski definition) is 2. The number of nitrogens with one attached hydrogen (secondary N) is 1. The number of carbonyl (C=O) groups excluding carboxylic acids is 2. The van der Waals surface area contributed by atoms with Gasteiger partial charge in [0.05, 0.1) is 24.0 Å². The monoisotopic (exact) mass is 298 g/mol. The second-order valence-corrected chi connectivity index (χ2v) is 5.34. The second-order valence-electron chi connectivity index (χ2n) is 4.95. The van der Waals surface area contributed by atoms with Gasteiger partial charge >= 0.3 is 0 Å². The van der Waals surface area contributed by atoms with E-state index in [1.807, 2.05) is 13.8 Å². The average Bonchev–Trinajstić information content (AvgIpc) is 2.38. The van der Waals surface area contributed by atoms with Crippen molar-refractivity contribution in [2.75, 3.05) is 25.9 Å². The van der Waals surface area contributed by atoms with E-state index in [9.17, 15) is 9.59 Å². The van der Waals surface area contributed by atoms with Crippen molar-refractivity contribution in [3.05, 3.63) is 23.0 Å². The number of rotatable bonds is 5. The third-order valence-electron chi connectivity index (χ3n) is 2.57. The van der Waals surface area contributed by atoms with Crippen molar-refractivity contribution in [1.82, 2.24) is 15.2 Å². The standard InChI is InChI=1S/C13H19ClN4O2/c1-8(2)5-17-12(19)7-18(3)13(20)9-4-11(14)16-6-10(9)15/h4,6,8H,5,7,15H2,1-3H3,(H,17,19). The molecule has 2 amide bonds. The average molecular weight is 299 g/mol. The maximum absolute atomic E-state index is 12.2. The van der Waals surface area contributed by atoms with Gasteiger partial charge in [-0.25, -0.2) is 4.98 Å². The molecular weight excluding hydrogens is 280 g/mol. The van der Waals surface area contributed by atoms with Crippen LogP contribution in [0.1, 0.15) is 24.2 Å². The van der Waals surface area contributed by atoms with Crippen LogP contribution in [0.3, 0.4) is 0 Å². The fraction of sp³-hybridized carbons (Fsp3) is 0.462. The minimum atomic E-state index is -0.369. The number of nitrogens with two attached hydrogens (primary N) is 1. The lowest BCUT2D eigenvalue weighted by molar-refractivity contribution is -0.121. The van der Waals surface area contributed by atoms with E-state index in [-0.39, 0.29) is 34.8 Å². The molecule has 0 bridgehead atoms. The van der Waals surface area contributed by atoms with Gasteiger partial charge in [-0.1, -0.05) is 25.4 Å². The van der Waals surface area contributed by atoms with E-state index in [1.165, 1.54) is 24.2 Å². The number of nitrogen functional groups attached to an aromatic ring is 1. The van der Waals surface area contributed by atoms with Crippen LogP contribution >= 0.6 is 11.6 Å². The molecule has 0 saturated heterocycles. The van der Waals surface area contributed by atoms with Crippen molar-refractivity contribution >= 4 is 29.1 Å². The van der Waals surface area contributed by atoms with E-state index in [1.54, 1.807) is 0 Å². The topological polar surface area (TPSA) is 88.3 Å². The van der Waals surface area contributed by atoms with Gasteiger partial charge in [0.15, 0.2) is 0 Å². The van der Waals surface area contributed by atoms with Gasteiger partial charge in [0.1, 0.15) is 5.15 Å². The number of likely N-dealkylation sites (N-methyl/N-ethyl adjacent to an activating group) is 1. The zero-order chi connectivity index (χ0) is 15.3. The molecule has 0 atom stereocenters. The number of amides is 2. The molecule has 0 saturated carbocycles. The minimum absolute atomic E-state index is 0.0368. The first-order valence-corrected chi connectivity index (χ1v) is 6.62. The lowest BCUT2D eigenvalue weighted by atomic mass is 10.2. The highest BCUT2D eigenvalue weighted by molar-refractivity contribution is 6.29. The maximum Gasteiger partial charge on any atom is 0.256 e. The molecule has 0 aliphatic heterocycles. The largest absolute Gasteiger partial charge is 0.397 e. The van der Waals surface area contributed by atoms with Crippen LogP contribution < -0.4 is 11.1 Å². The van der Waals surface area contributed by atoms with Gasteiger partial charge in [-0.3, -0.25) is 9.59 Å². The summed E-state index contributed by atoms with van der Waals surface area (Å²) in [6, 6.07) is 1.39. The number of nitrogens with zero attached hydrogens (tertiary/aromatic N) is 2. The van der Waals surface area contributed by atoms with Crippen LogP contribution in [0.5, 0.6) is 0 Å². The van der Waals surface area contributed by atoms with E-state index in [4.69, 9.17) is 17.3 Å². The summed E-state index contributed by atoms with van der Waals surface area (Å²) in [6.07, 6.45) is 1.32. The Morgan fingerprint density at radius 3 is 2.75 bits per heavy atom. The Kier molecular flexibility index (Phi) is 5.76. The zero-order valence-corrected chi connectivity index (χ0v) is 12.6. The number of pyridine rings is 1. The third-order valence-corrected chi connectivity index (χ3v) is 2.77. The molecule has 7 heteroatoms. The first-order valence-electron chi connectivity index (χ1n) is 6.24. The van der Waals surface area contributed by atoms with Crippen LogP contribution in [0.25, 0.3) is 0 Å². The van der Waals surface area contributed by atoms with Gasteiger partial charge in [-0.05, 0) is 12.0 Å². The van der Waals surface area contributed by atoms with Gasteiger partial charge in [0.25, 0.3) is 5.91 Å². The van der Waals surface area contributed by atoms with Crippen LogP contribution in [0.2, 0.25) is 5.15 Å². The summed E-state index contributed by atoms with van der Waals surface area (Å²) in [5.41, 5.74) is 6.16. The first kappa shape index (κ1) is 16.2. The molecule has 0 spiro atoms. The molecule has 0 aliphatic rings. The van der Waals surface area contributed by atoms with Gasteiger partial charge in [-0.15, -0.1) is 0 Å². The fourth-order valence-corrected chi connectivity index (χ4v) is 1.65. The Labute approximate surface area is 123 Å². The van der Waals surface area contributed by atoms with Crippen molar-refractivity contribution < 1.29 is 9.59 Å². The Morgan fingerprint density at radius 1 is 1.50 bits per heavy atom. The van der Waals surface area contributed by atoms with E-state index in [2.05, 4.69) is 10.3 Å². The molecule has 1 rings (SSSR count). The minimum Gasteiger partial charge on any atom is -0.397 e. The molecule has 110 valence electrons. The van der Waals surface area contributed by atoms with Crippen molar-refractivity contribution in [3.63, 3.8) is 0 Å². The number of aromatic nitrogens is 1. The van der Waals surface area contributed by atoms with Crippen molar-refractivity contribution in [2.45, 2.75) is 13.8 Å². The first-order chi connectivity index (χ1) is 9.31. The zero-order valence-electron chi connectivity index (χ0n) is 11.8. The molecule has 0 radical (unpaired) electrons. The highest BCUT2D eigenvalue weighted by atomic mass is 35.5. The quantitative estimate of drug-likeness (QED) is 0.799. The third kappa shape index (κ3) is 4.70. The smallest absolute Gasteiger partial charge is 0.256 e. The molecule has 0 unspecified atom stereocenters. The van der Waals surface area contributed by atoms with Crippen LogP contribution in [-0.2, 0) is 4.79 Å². The normalized spacial score (nSPS) is 10.4. The second kappa shape index (κ2) is 7.09. The van der Waals surface area contributed by atoms with Gasteiger partial charge in [0, 0.05) is 13.6 Å². The molecular formula is C13H19ClN4O2. The van der Waals surface area contributed by atoms with E-state index >= 15 is 0 Å². The number of carbonyl (C=O) groups is 2. The van der Waals surface area contributed by atoms with Gasteiger partial charge < -0.3 is 16.0 Å². The van der Waals surface area contributed by atoms with Crippen LogP contribution in [0.15, 0.2) is 12.3 Å². The van der Waals surface area contributed by atoms with Crippen molar-refractivity contribution in [2.24, 2.45) is 5.92 Å². The Hall–Kier alpha value is -1.82. The lowest BCUT2D eigenvalue weighted by Gasteiger charge is -2.18. The fourth-order valence-electron chi connectivity index (χ4n) is 1.49. The Morgan fingerprint density at radius 2 is 2.15 bits per heavy atom. The van der Waals surface area contributed by atoms with Gasteiger partial charge in [0.2, 0.25) is 5.91 Å². The number of anilines is 1. The summed E-state index contributed by atoms with van der Waals surface area (Å²) in [6.45, 7) is 4.53. The highest BCUT2D eigenvalue weighted by Gasteiger charge is 2.18. The van der Waals surface area contributed by atoms with E-state index < -0.39 is 0 Å². The Bertz CT molecular complexity index is 505. The molecule has 1 aromatic rings. The van der Waals surface area contributed by atoms with Crippen molar-refractivity contribution in [1.29, 1.82) is 0 Å². The van der Waals surface area contributed by atoms with Crippen molar-refractivity contribution in [3.8, 4) is 0 Å². The Balaban J connectivity index is 2.67. The number of halogens is 1. The molecule has 1 heterocycles. The summed E-state index contributed by atoms with van der Waals surface area (Å²) in [5, 5.41) is 2.92. The summed E-state index contributed by atoms with van der Waals surface area (Å²) >= 11 is 5.74. The lowest BCUT2D eigenvalue weighted by Crippen LogP contribution is -2.39. The molecule has 6 nitrogen and oxygen atoms in total. The molecule has 20 heavy (non-hydrogen) atoms. The molecule has 0 aromatic carbocycles. The highest BCUT2D eigenvalue weighted by Crippen LogP contribution is 2.16. The summed E-state index contributed by atoms with van der Waals surface area (Å²) in [5.74, 6) is -0.227. The van der Waals surface area contributed by atoms with Crippen LogP contribution in [0, 0.1) is 5.92 Å². The van der Waals surface area contributed by atoms with Crippen LogP contribution in [0.4, 0.5) is 5.69 Å². The maximum atomic E-state index is 12.2. The summed E-state index contributed by atoms with van der Waals surface area (Å²) in [4.78, 5) is 28.9.